The van der Waals surface area contributed by atoms with Crippen LogP contribution in [0.4, 0.5) is 5.69 Å². The van der Waals surface area contributed by atoms with Crippen molar-refractivity contribution in [3.05, 3.63) is 69.8 Å². The van der Waals surface area contributed by atoms with Crippen molar-refractivity contribution in [1.29, 1.82) is 0 Å². The predicted molar refractivity (Wildman–Crippen MR) is 88.5 cm³/mol. The summed E-state index contributed by atoms with van der Waals surface area (Å²) in [6.07, 6.45) is 2.69. The first-order chi connectivity index (χ1) is 10.7. The van der Waals surface area contributed by atoms with Crippen molar-refractivity contribution in [3.63, 3.8) is 0 Å². The van der Waals surface area contributed by atoms with E-state index in [9.17, 15) is 4.79 Å². The lowest BCUT2D eigenvalue weighted by Crippen LogP contribution is -2.21. The van der Waals surface area contributed by atoms with E-state index in [1.54, 1.807) is 10.9 Å². The Morgan fingerprint density at radius 1 is 1.23 bits per heavy atom. The van der Waals surface area contributed by atoms with Crippen LogP contribution in [0.3, 0.4) is 0 Å². The van der Waals surface area contributed by atoms with Crippen LogP contribution in [0.1, 0.15) is 16.7 Å². The average molecular weight is 291 g/mol. The number of hydrogen-bond donors (Lipinski definition) is 1. The first-order valence-electron chi connectivity index (χ1n) is 7.52. The maximum Gasteiger partial charge on any atom is 0.261 e. The molecular formula is C18H17N3O. The van der Waals surface area contributed by atoms with Crippen molar-refractivity contribution in [2.75, 3.05) is 11.9 Å². The molecule has 3 aromatic rings. The Morgan fingerprint density at radius 2 is 2.14 bits per heavy atom. The molecule has 2 heterocycles. The molecule has 0 aliphatic carbocycles. The number of benzene rings is 2. The highest BCUT2D eigenvalue weighted by molar-refractivity contribution is 5.77. The van der Waals surface area contributed by atoms with Gasteiger partial charge in [0.15, 0.2) is 0 Å². The molecule has 0 bridgehead atoms. The van der Waals surface area contributed by atoms with Gasteiger partial charge in [-0.1, -0.05) is 23.8 Å². The van der Waals surface area contributed by atoms with E-state index in [2.05, 4.69) is 28.5 Å². The van der Waals surface area contributed by atoms with E-state index in [1.807, 2.05) is 25.1 Å². The van der Waals surface area contributed by atoms with Crippen LogP contribution >= 0.6 is 0 Å². The molecule has 0 spiro atoms. The van der Waals surface area contributed by atoms with Gasteiger partial charge in [-0.25, -0.2) is 4.98 Å². The largest absolute Gasteiger partial charge is 0.384 e. The summed E-state index contributed by atoms with van der Waals surface area (Å²) in [5, 5.41) is 4.04. The first-order valence-corrected chi connectivity index (χ1v) is 7.52. The Labute approximate surface area is 128 Å². The molecule has 4 nitrogen and oxygen atoms in total. The van der Waals surface area contributed by atoms with Crippen molar-refractivity contribution in [2.24, 2.45) is 0 Å². The number of anilines is 1. The molecule has 0 amide bonds. The van der Waals surface area contributed by atoms with Gasteiger partial charge in [0.25, 0.3) is 5.56 Å². The molecule has 0 radical (unpaired) electrons. The van der Waals surface area contributed by atoms with Crippen LogP contribution in [0.2, 0.25) is 0 Å². The summed E-state index contributed by atoms with van der Waals surface area (Å²) in [6.45, 7) is 3.54. The normalized spacial score (nSPS) is 13.1. The van der Waals surface area contributed by atoms with E-state index in [4.69, 9.17) is 0 Å². The zero-order valence-corrected chi connectivity index (χ0v) is 12.5. The molecule has 2 aromatic carbocycles. The van der Waals surface area contributed by atoms with Crippen LogP contribution in [0.5, 0.6) is 0 Å². The fourth-order valence-electron chi connectivity index (χ4n) is 3.04. The van der Waals surface area contributed by atoms with Gasteiger partial charge < -0.3 is 5.32 Å². The topological polar surface area (TPSA) is 46.9 Å². The number of hydrogen-bond acceptors (Lipinski definition) is 3. The zero-order chi connectivity index (χ0) is 15.1. The number of nitrogens with one attached hydrogen (secondary N) is 1. The maximum absolute atomic E-state index is 12.6. The van der Waals surface area contributed by atoms with Crippen LogP contribution in [0.25, 0.3) is 10.9 Å². The van der Waals surface area contributed by atoms with E-state index in [0.29, 0.717) is 11.9 Å². The predicted octanol–water partition coefficient (Wildman–Crippen LogP) is 2.72. The quantitative estimate of drug-likeness (QED) is 0.789. The van der Waals surface area contributed by atoms with Gasteiger partial charge >= 0.3 is 0 Å². The lowest BCUT2D eigenvalue weighted by Gasteiger charge is -2.09. The van der Waals surface area contributed by atoms with E-state index in [0.717, 1.165) is 29.6 Å². The summed E-state index contributed by atoms with van der Waals surface area (Å²) in [7, 11) is 0. The van der Waals surface area contributed by atoms with Gasteiger partial charge in [-0.2, -0.15) is 0 Å². The molecule has 110 valence electrons. The Kier molecular flexibility index (Phi) is 2.96. The highest BCUT2D eigenvalue weighted by atomic mass is 16.1. The van der Waals surface area contributed by atoms with Crippen LogP contribution in [-0.4, -0.2) is 16.1 Å². The van der Waals surface area contributed by atoms with E-state index >= 15 is 0 Å². The van der Waals surface area contributed by atoms with Gasteiger partial charge in [0.05, 0.1) is 23.8 Å². The SMILES string of the molecule is Cc1ccc2ncn(Cc3ccc4c(c3)CCN4)c(=O)c2c1. The third kappa shape index (κ3) is 2.17. The molecular weight excluding hydrogens is 274 g/mol. The van der Waals surface area contributed by atoms with Gasteiger partial charge in [0.2, 0.25) is 0 Å². The summed E-state index contributed by atoms with van der Waals surface area (Å²) in [6, 6.07) is 12.1. The molecule has 0 saturated heterocycles. The molecule has 1 aliphatic heterocycles. The Morgan fingerprint density at radius 3 is 3.05 bits per heavy atom. The Bertz CT molecular complexity index is 927. The van der Waals surface area contributed by atoms with E-state index in [-0.39, 0.29) is 5.56 Å². The van der Waals surface area contributed by atoms with Crippen LogP contribution < -0.4 is 10.9 Å². The average Bonchev–Trinajstić information content (AvgIpc) is 2.98. The van der Waals surface area contributed by atoms with Crippen molar-refractivity contribution >= 4 is 16.6 Å². The molecule has 0 fully saturated rings. The number of fused-ring (bicyclic) bond motifs is 2. The fraction of sp³-hybridized carbons (Fsp3) is 0.222. The molecule has 1 aromatic heterocycles. The summed E-state index contributed by atoms with van der Waals surface area (Å²) in [5.74, 6) is 0. The second-order valence-corrected chi connectivity index (χ2v) is 5.87. The molecule has 0 unspecified atom stereocenters. The number of nitrogens with zero attached hydrogens (tertiary/aromatic N) is 2. The Hall–Kier alpha value is -2.62. The van der Waals surface area contributed by atoms with Gasteiger partial charge in [0, 0.05) is 12.2 Å². The molecule has 1 aliphatic rings. The maximum atomic E-state index is 12.6. The van der Waals surface area contributed by atoms with Crippen LogP contribution in [0, 0.1) is 6.92 Å². The summed E-state index contributed by atoms with van der Waals surface area (Å²) in [5.41, 5.74) is 5.53. The summed E-state index contributed by atoms with van der Waals surface area (Å²) >= 11 is 0. The van der Waals surface area contributed by atoms with Crippen molar-refractivity contribution in [2.45, 2.75) is 19.9 Å². The molecule has 4 heteroatoms. The van der Waals surface area contributed by atoms with Crippen molar-refractivity contribution < 1.29 is 0 Å². The number of aromatic nitrogens is 2. The summed E-state index contributed by atoms with van der Waals surface area (Å²) in [4.78, 5) is 17.0. The highest BCUT2D eigenvalue weighted by Crippen LogP contribution is 2.23. The molecule has 1 N–H and O–H groups in total. The Balaban J connectivity index is 1.75. The standard InChI is InChI=1S/C18H17N3O/c1-12-2-4-17-15(8-12)18(22)21(11-20-17)10-13-3-5-16-14(9-13)6-7-19-16/h2-5,8-9,11,19H,6-7,10H2,1H3. The lowest BCUT2D eigenvalue weighted by atomic mass is 10.1. The van der Waals surface area contributed by atoms with Crippen molar-refractivity contribution in [3.8, 4) is 0 Å². The molecule has 0 atom stereocenters. The van der Waals surface area contributed by atoms with Gasteiger partial charge in [0.1, 0.15) is 0 Å². The van der Waals surface area contributed by atoms with Crippen LogP contribution in [-0.2, 0) is 13.0 Å². The second-order valence-electron chi connectivity index (χ2n) is 5.87. The number of rotatable bonds is 2. The lowest BCUT2D eigenvalue weighted by molar-refractivity contribution is 0.747. The fourth-order valence-corrected chi connectivity index (χ4v) is 3.04. The van der Waals surface area contributed by atoms with Crippen molar-refractivity contribution in [1.82, 2.24) is 9.55 Å². The monoisotopic (exact) mass is 291 g/mol. The van der Waals surface area contributed by atoms with Gasteiger partial charge in [-0.3, -0.25) is 9.36 Å². The summed E-state index contributed by atoms with van der Waals surface area (Å²) < 4.78 is 1.69. The van der Waals surface area contributed by atoms with E-state index in [1.165, 1.54) is 11.3 Å². The second kappa shape index (κ2) is 4.98. The first kappa shape index (κ1) is 13.1. The molecule has 4 rings (SSSR count). The van der Waals surface area contributed by atoms with Crippen LogP contribution in [0.15, 0.2) is 47.5 Å². The number of aryl methyl sites for hydroxylation is 1. The molecule has 0 saturated carbocycles. The highest BCUT2D eigenvalue weighted by Gasteiger charge is 2.11. The third-order valence-electron chi connectivity index (χ3n) is 4.21. The van der Waals surface area contributed by atoms with Gasteiger partial charge in [-0.05, 0) is 42.7 Å². The zero-order valence-electron chi connectivity index (χ0n) is 12.5. The minimum atomic E-state index is 0.0207. The minimum Gasteiger partial charge on any atom is -0.384 e. The smallest absolute Gasteiger partial charge is 0.261 e. The van der Waals surface area contributed by atoms with Gasteiger partial charge in [-0.15, -0.1) is 0 Å². The third-order valence-corrected chi connectivity index (χ3v) is 4.21. The minimum absolute atomic E-state index is 0.0207. The van der Waals surface area contributed by atoms with E-state index < -0.39 is 0 Å². The molecule has 22 heavy (non-hydrogen) atoms.